The highest BCUT2D eigenvalue weighted by molar-refractivity contribution is 6.31. The van der Waals surface area contributed by atoms with Crippen molar-refractivity contribution in [2.45, 2.75) is 13.5 Å². The van der Waals surface area contributed by atoms with Crippen molar-refractivity contribution in [3.05, 3.63) is 52.8 Å². The van der Waals surface area contributed by atoms with Gasteiger partial charge in [0, 0.05) is 29.4 Å². The van der Waals surface area contributed by atoms with Crippen molar-refractivity contribution in [2.24, 2.45) is 0 Å². The van der Waals surface area contributed by atoms with E-state index in [1.54, 1.807) is 40.4 Å². The van der Waals surface area contributed by atoms with Crippen LogP contribution in [0.25, 0.3) is 0 Å². The van der Waals surface area contributed by atoms with Crippen LogP contribution in [0.3, 0.4) is 0 Å². The number of ether oxygens (including phenoxy) is 3. The normalized spacial score (nSPS) is 10.4. The summed E-state index contributed by atoms with van der Waals surface area (Å²) < 4.78 is 16.1. The van der Waals surface area contributed by atoms with E-state index in [2.05, 4.69) is 25.6 Å². The standard InChI is InChI=1S/C20H22ClN5O3/c1-12-23-19(22-11-13-7-5-6-8-15(13)21)26-20(24-12)25-14-9-16(27-2)18(29-4)17(10-14)28-3/h5-10H,11H2,1-4H3,(H2,22,23,24,25,26). The van der Waals surface area contributed by atoms with Crippen LogP contribution < -0.4 is 24.8 Å². The first-order valence-corrected chi connectivity index (χ1v) is 9.18. The lowest BCUT2D eigenvalue weighted by Crippen LogP contribution is -2.09. The summed E-state index contributed by atoms with van der Waals surface area (Å²) in [7, 11) is 4.68. The largest absolute Gasteiger partial charge is 0.493 e. The molecule has 0 saturated carbocycles. The van der Waals surface area contributed by atoms with Crippen LogP contribution in [0.15, 0.2) is 36.4 Å². The van der Waals surface area contributed by atoms with Crippen LogP contribution in [-0.4, -0.2) is 36.3 Å². The molecule has 3 aromatic rings. The number of aromatic nitrogens is 3. The number of halogens is 1. The topological polar surface area (TPSA) is 90.4 Å². The molecule has 0 aliphatic rings. The zero-order chi connectivity index (χ0) is 20.8. The fraction of sp³-hybridized carbons (Fsp3) is 0.250. The molecule has 1 heterocycles. The summed E-state index contributed by atoms with van der Waals surface area (Å²) in [5.41, 5.74) is 1.63. The summed E-state index contributed by atoms with van der Waals surface area (Å²) in [5, 5.41) is 7.01. The van der Waals surface area contributed by atoms with E-state index >= 15 is 0 Å². The van der Waals surface area contributed by atoms with Crippen molar-refractivity contribution < 1.29 is 14.2 Å². The van der Waals surface area contributed by atoms with Gasteiger partial charge in [0.2, 0.25) is 17.6 Å². The van der Waals surface area contributed by atoms with Gasteiger partial charge in [-0.2, -0.15) is 15.0 Å². The molecular formula is C20H22ClN5O3. The summed E-state index contributed by atoms with van der Waals surface area (Å²) in [6.45, 7) is 2.29. The molecule has 0 radical (unpaired) electrons. The molecule has 0 amide bonds. The summed E-state index contributed by atoms with van der Waals surface area (Å²) in [6.07, 6.45) is 0. The molecule has 0 aliphatic carbocycles. The predicted molar refractivity (Wildman–Crippen MR) is 113 cm³/mol. The van der Waals surface area contributed by atoms with Gasteiger partial charge in [0.15, 0.2) is 11.5 Å². The molecule has 0 fully saturated rings. The summed E-state index contributed by atoms with van der Waals surface area (Å²) in [6, 6.07) is 11.2. The highest BCUT2D eigenvalue weighted by atomic mass is 35.5. The van der Waals surface area contributed by atoms with Gasteiger partial charge in [0.1, 0.15) is 5.82 Å². The van der Waals surface area contributed by atoms with E-state index in [1.807, 2.05) is 24.3 Å². The van der Waals surface area contributed by atoms with Crippen molar-refractivity contribution in [1.82, 2.24) is 15.0 Å². The van der Waals surface area contributed by atoms with Crippen molar-refractivity contribution in [1.29, 1.82) is 0 Å². The van der Waals surface area contributed by atoms with Crippen LogP contribution in [0.5, 0.6) is 17.2 Å². The number of hydrogen-bond acceptors (Lipinski definition) is 8. The van der Waals surface area contributed by atoms with Crippen molar-refractivity contribution >= 4 is 29.2 Å². The quantitative estimate of drug-likeness (QED) is 0.565. The number of nitrogens with zero attached hydrogens (tertiary/aromatic N) is 3. The first-order chi connectivity index (χ1) is 14.0. The lowest BCUT2D eigenvalue weighted by Gasteiger charge is -2.15. The molecule has 0 unspecified atom stereocenters. The number of benzene rings is 2. The maximum atomic E-state index is 6.20. The van der Waals surface area contributed by atoms with Gasteiger partial charge < -0.3 is 24.8 Å². The average Bonchev–Trinajstić information content (AvgIpc) is 2.72. The van der Waals surface area contributed by atoms with E-state index in [0.29, 0.717) is 52.2 Å². The molecule has 29 heavy (non-hydrogen) atoms. The zero-order valence-electron chi connectivity index (χ0n) is 16.6. The van der Waals surface area contributed by atoms with Crippen LogP contribution in [-0.2, 0) is 6.54 Å². The molecule has 0 aliphatic heterocycles. The van der Waals surface area contributed by atoms with Crippen LogP contribution >= 0.6 is 11.6 Å². The van der Waals surface area contributed by atoms with Gasteiger partial charge in [-0.15, -0.1) is 0 Å². The Balaban J connectivity index is 1.82. The summed E-state index contributed by atoms with van der Waals surface area (Å²) in [5.74, 6) is 2.95. The van der Waals surface area contributed by atoms with E-state index in [-0.39, 0.29) is 0 Å². The van der Waals surface area contributed by atoms with E-state index in [1.165, 1.54) is 0 Å². The third kappa shape index (κ3) is 4.97. The van der Waals surface area contributed by atoms with Gasteiger partial charge in [-0.25, -0.2) is 0 Å². The second-order valence-corrected chi connectivity index (χ2v) is 6.42. The Kier molecular flexibility index (Phi) is 6.56. The minimum absolute atomic E-state index is 0.383. The van der Waals surface area contributed by atoms with Crippen LogP contribution in [0.2, 0.25) is 5.02 Å². The smallest absolute Gasteiger partial charge is 0.232 e. The number of methoxy groups -OCH3 is 3. The van der Waals surface area contributed by atoms with Crippen molar-refractivity contribution in [3.8, 4) is 17.2 Å². The third-order valence-electron chi connectivity index (χ3n) is 4.06. The lowest BCUT2D eigenvalue weighted by atomic mass is 10.2. The second-order valence-electron chi connectivity index (χ2n) is 6.01. The van der Waals surface area contributed by atoms with Gasteiger partial charge in [-0.3, -0.25) is 0 Å². The maximum Gasteiger partial charge on any atom is 0.232 e. The SMILES string of the molecule is COc1cc(Nc2nc(C)nc(NCc3ccccc3Cl)n2)cc(OC)c1OC. The molecule has 2 aromatic carbocycles. The first kappa shape index (κ1) is 20.5. The Morgan fingerprint density at radius 3 is 2.17 bits per heavy atom. The minimum Gasteiger partial charge on any atom is -0.493 e. The number of rotatable bonds is 8. The average molecular weight is 416 g/mol. The molecule has 3 rings (SSSR count). The van der Waals surface area contributed by atoms with Gasteiger partial charge in [0.25, 0.3) is 0 Å². The van der Waals surface area contributed by atoms with Gasteiger partial charge >= 0.3 is 0 Å². The zero-order valence-corrected chi connectivity index (χ0v) is 17.4. The number of nitrogens with one attached hydrogen (secondary N) is 2. The van der Waals surface area contributed by atoms with Gasteiger partial charge in [-0.05, 0) is 18.6 Å². The lowest BCUT2D eigenvalue weighted by molar-refractivity contribution is 0.324. The Bertz CT molecular complexity index is 975. The Morgan fingerprint density at radius 2 is 1.55 bits per heavy atom. The van der Waals surface area contributed by atoms with E-state index in [4.69, 9.17) is 25.8 Å². The van der Waals surface area contributed by atoms with Crippen molar-refractivity contribution in [3.63, 3.8) is 0 Å². The number of anilines is 3. The van der Waals surface area contributed by atoms with E-state index < -0.39 is 0 Å². The molecule has 0 saturated heterocycles. The second kappa shape index (κ2) is 9.29. The molecule has 1 aromatic heterocycles. The molecule has 152 valence electrons. The Hall–Kier alpha value is -3.26. The highest BCUT2D eigenvalue weighted by Crippen LogP contribution is 2.40. The predicted octanol–water partition coefficient (Wildman–Crippen LogP) is 4.21. The van der Waals surface area contributed by atoms with Crippen LogP contribution in [0, 0.1) is 6.92 Å². The van der Waals surface area contributed by atoms with Crippen molar-refractivity contribution in [2.75, 3.05) is 32.0 Å². The highest BCUT2D eigenvalue weighted by Gasteiger charge is 2.14. The van der Waals surface area contributed by atoms with E-state index in [0.717, 1.165) is 5.56 Å². The van der Waals surface area contributed by atoms with Gasteiger partial charge in [0.05, 0.1) is 21.3 Å². The molecule has 0 bridgehead atoms. The van der Waals surface area contributed by atoms with Crippen LogP contribution in [0.1, 0.15) is 11.4 Å². The van der Waals surface area contributed by atoms with E-state index in [9.17, 15) is 0 Å². The molecule has 2 N–H and O–H groups in total. The molecule has 8 nitrogen and oxygen atoms in total. The molecular weight excluding hydrogens is 394 g/mol. The van der Waals surface area contributed by atoms with Crippen LogP contribution in [0.4, 0.5) is 17.6 Å². The maximum absolute atomic E-state index is 6.20. The summed E-state index contributed by atoms with van der Waals surface area (Å²) >= 11 is 6.20. The third-order valence-corrected chi connectivity index (χ3v) is 4.43. The summed E-state index contributed by atoms with van der Waals surface area (Å²) in [4.78, 5) is 13.1. The Morgan fingerprint density at radius 1 is 0.897 bits per heavy atom. The molecule has 0 atom stereocenters. The fourth-order valence-electron chi connectivity index (χ4n) is 2.72. The van der Waals surface area contributed by atoms with Gasteiger partial charge in [-0.1, -0.05) is 29.8 Å². The number of hydrogen-bond donors (Lipinski definition) is 2. The molecule has 9 heteroatoms. The fourth-order valence-corrected chi connectivity index (χ4v) is 2.92. The monoisotopic (exact) mass is 415 g/mol. The first-order valence-electron chi connectivity index (χ1n) is 8.81. The number of aryl methyl sites for hydroxylation is 1. The minimum atomic E-state index is 0.383. The Labute approximate surface area is 174 Å². The molecule has 0 spiro atoms.